The molecule has 120 valence electrons. The van der Waals surface area contributed by atoms with Crippen LogP contribution in [0, 0.1) is 0 Å². The first-order valence-electron chi connectivity index (χ1n) is 4.61. The van der Waals surface area contributed by atoms with Crippen LogP contribution in [0.25, 0.3) is 0 Å². The van der Waals surface area contributed by atoms with Gasteiger partial charge in [-0.2, -0.15) is 39.5 Å². The van der Waals surface area contributed by atoms with Crippen LogP contribution in [-0.2, 0) is 9.47 Å². The SMILES string of the molecule is COC(=O)OCCC(F)(F)C(F)(F)C(F)(F)C(F)(F)F. The number of alkyl halides is 9. The van der Waals surface area contributed by atoms with E-state index >= 15 is 0 Å². The summed E-state index contributed by atoms with van der Waals surface area (Å²) in [5, 5.41) is 0. The molecule has 0 saturated carbocycles. The van der Waals surface area contributed by atoms with Crippen LogP contribution in [-0.4, -0.2) is 43.8 Å². The Balaban J connectivity index is 5.03. The highest BCUT2D eigenvalue weighted by atomic mass is 19.4. The van der Waals surface area contributed by atoms with Gasteiger partial charge in [-0.05, 0) is 0 Å². The normalized spacial score (nSPS) is 14.1. The second-order valence-corrected chi connectivity index (χ2v) is 3.40. The zero-order valence-corrected chi connectivity index (χ0v) is 9.54. The minimum atomic E-state index is -6.95. The van der Waals surface area contributed by atoms with E-state index in [1.807, 2.05) is 0 Å². The molecule has 0 saturated heterocycles. The van der Waals surface area contributed by atoms with E-state index in [-0.39, 0.29) is 0 Å². The van der Waals surface area contributed by atoms with E-state index < -0.39 is 43.1 Å². The topological polar surface area (TPSA) is 35.5 Å². The molecule has 0 fully saturated rings. The molecule has 0 aromatic rings. The number of carbonyl (C=O) groups is 1. The van der Waals surface area contributed by atoms with Crippen LogP contribution < -0.4 is 0 Å². The standard InChI is InChI=1S/C8H7F9O3/c1-19-4(18)20-3-2-5(9,10)6(11,12)7(13,14)8(15,16)17/h2-3H2,1H3. The van der Waals surface area contributed by atoms with Crippen LogP contribution >= 0.6 is 0 Å². The molecular weight excluding hydrogens is 315 g/mol. The van der Waals surface area contributed by atoms with Gasteiger partial charge in [-0.3, -0.25) is 0 Å². The highest BCUT2D eigenvalue weighted by molar-refractivity contribution is 5.59. The van der Waals surface area contributed by atoms with Gasteiger partial charge < -0.3 is 9.47 Å². The quantitative estimate of drug-likeness (QED) is 0.573. The maximum atomic E-state index is 12.8. The van der Waals surface area contributed by atoms with E-state index in [0.29, 0.717) is 0 Å². The summed E-state index contributed by atoms with van der Waals surface area (Å²) in [5.41, 5.74) is 0. The molecule has 3 nitrogen and oxygen atoms in total. The van der Waals surface area contributed by atoms with Crippen molar-refractivity contribution in [1.82, 2.24) is 0 Å². The first-order chi connectivity index (χ1) is 8.70. The lowest BCUT2D eigenvalue weighted by atomic mass is 10.0. The van der Waals surface area contributed by atoms with Crippen molar-refractivity contribution in [3.05, 3.63) is 0 Å². The predicted octanol–water partition coefficient (Wildman–Crippen LogP) is 3.63. The lowest BCUT2D eigenvalue weighted by Crippen LogP contribution is -2.61. The third kappa shape index (κ3) is 3.39. The smallest absolute Gasteiger partial charge is 0.438 e. The van der Waals surface area contributed by atoms with Crippen molar-refractivity contribution in [3.63, 3.8) is 0 Å². The summed E-state index contributed by atoms with van der Waals surface area (Å²) in [7, 11) is 0.729. The fourth-order valence-electron chi connectivity index (χ4n) is 0.886. The fourth-order valence-corrected chi connectivity index (χ4v) is 0.886. The minimum Gasteiger partial charge on any atom is -0.438 e. The van der Waals surface area contributed by atoms with E-state index in [0.717, 1.165) is 7.11 Å². The molecular formula is C8H7F9O3. The summed E-state index contributed by atoms with van der Waals surface area (Å²) in [4.78, 5) is 10.3. The van der Waals surface area contributed by atoms with Crippen molar-refractivity contribution in [2.45, 2.75) is 30.4 Å². The third-order valence-electron chi connectivity index (χ3n) is 2.01. The first kappa shape index (κ1) is 18.6. The molecule has 0 amide bonds. The van der Waals surface area contributed by atoms with E-state index in [1.165, 1.54) is 0 Å². The Morgan fingerprint density at radius 3 is 1.70 bits per heavy atom. The molecule has 0 aromatic carbocycles. The Kier molecular flexibility index (Phi) is 5.18. The molecule has 0 N–H and O–H groups in total. The summed E-state index contributed by atoms with van der Waals surface area (Å²) in [6.07, 6.45) is -10.7. The van der Waals surface area contributed by atoms with Crippen LogP contribution in [0.15, 0.2) is 0 Å². The Hall–Kier alpha value is -1.36. The van der Waals surface area contributed by atoms with Gasteiger partial charge in [-0.25, -0.2) is 4.79 Å². The molecule has 0 heterocycles. The van der Waals surface area contributed by atoms with Crippen molar-refractivity contribution >= 4 is 6.16 Å². The van der Waals surface area contributed by atoms with E-state index in [4.69, 9.17) is 0 Å². The van der Waals surface area contributed by atoms with E-state index in [1.54, 1.807) is 0 Å². The van der Waals surface area contributed by atoms with Crippen LogP contribution in [0.2, 0.25) is 0 Å². The van der Waals surface area contributed by atoms with Crippen molar-refractivity contribution < 1.29 is 53.8 Å². The Morgan fingerprint density at radius 1 is 0.900 bits per heavy atom. The average molecular weight is 322 g/mol. The Labute approximate surface area is 105 Å². The van der Waals surface area contributed by atoms with Crippen molar-refractivity contribution in [2.24, 2.45) is 0 Å². The minimum absolute atomic E-state index is 0.729. The van der Waals surface area contributed by atoms with Crippen molar-refractivity contribution in [1.29, 1.82) is 0 Å². The lowest BCUT2D eigenvalue weighted by Gasteiger charge is -2.33. The summed E-state index contributed by atoms with van der Waals surface area (Å²) < 4.78 is 118. The molecule has 0 atom stereocenters. The Bertz CT molecular complexity index is 350. The molecule has 12 heteroatoms. The summed E-state index contributed by atoms with van der Waals surface area (Å²) in [6.45, 7) is -1.54. The van der Waals surface area contributed by atoms with Gasteiger partial charge in [0.1, 0.15) is 6.61 Å². The van der Waals surface area contributed by atoms with E-state index in [9.17, 15) is 44.3 Å². The van der Waals surface area contributed by atoms with Gasteiger partial charge in [0.15, 0.2) is 0 Å². The van der Waals surface area contributed by atoms with Crippen LogP contribution in [0.3, 0.4) is 0 Å². The number of hydrogen-bond donors (Lipinski definition) is 0. The zero-order valence-electron chi connectivity index (χ0n) is 9.54. The molecule has 0 aliphatic rings. The average Bonchev–Trinajstić information content (AvgIpc) is 2.26. The van der Waals surface area contributed by atoms with Crippen molar-refractivity contribution in [2.75, 3.05) is 13.7 Å². The van der Waals surface area contributed by atoms with Gasteiger partial charge in [-0.1, -0.05) is 0 Å². The maximum absolute atomic E-state index is 12.8. The summed E-state index contributed by atoms with van der Waals surface area (Å²) in [5.74, 6) is -19.4. The molecule has 0 radical (unpaired) electrons. The molecule has 0 aromatic heterocycles. The summed E-state index contributed by atoms with van der Waals surface area (Å²) in [6, 6.07) is 0. The van der Waals surface area contributed by atoms with E-state index in [2.05, 4.69) is 9.47 Å². The van der Waals surface area contributed by atoms with Gasteiger partial charge in [0.2, 0.25) is 0 Å². The van der Waals surface area contributed by atoms with Gasteiger partial charge in [0, 0.05) is 0 Å². The van der Waals surface area contributed by atoms with Crippen LogP contribution in [0.4, 0.5) is 44.3 Å². The molecule has 0 aliphatic carbocycles. The maximum Gasteiger partial charge on any atom is 0.507 e. The van der Waals surface area contributed by atoms with Crippen molar-refractivity contribution in [3.8, 4) is 0 Å². The molecule has 0 rings (SSSR count). The highest BCUT2D eigenvalue weighted by Crippen LogP contribution is 2.53. The van der Waals surface area contributed by atoms with Crippen LogP contribution in [0.5, 0.6) is 0 Å². The first-order valence-corrected chi connectivity index (χ1v) is 4.61. The number of rotatable bonds is 5. The number of hydrogen-bond acceptors (Lipinski definition) is 3. The second-order valence-electron chi connectivity index (χ2n) is 3.40. The van der Waals surface area contributed by atoms with Gasteiger partial charge >= 0.3 is 30.1 Å². The molecule has 0 bridgehead atoms. The highest BCUT2D eigenvalue weighted by Gasteiger charge is 2.81. The number of ether oxygens (including phenoxy) is 2. The zero-order chi connectivity index (χ0) is 16.4. The second kappa shape index (κ2) is 5.56. The summed E-state index contributed by atoms with van der Waals surface area (Å²) >= 11 is 0. The number of methoxy groups -OCH3 is 1. The molecule has 0 aliphatic heterocycles. The molecule has 0 spiro atoms. The third-order valence-corrected chi connectivity index (χ3v) is 2.01. The monoisotopic (exact) mass is 322 g/mol. The largest absolute Gasteiger partial charge is 0.507 e. The molecule has 0 unspecified atom stereocenters. The lowest BCUT2D eigenvalue weighted by molar-refractivity contribution is -0.397. The Morgan fingerprint density at radius 2 is 1.35 bits per heavy atom. The van der Waals surface area contributed by atoms with Crippen LogP contribution in [0.1, 0.15) is 6.42 Å². The number of carbonyl (C=O) groups excluding carboxylic acids is 1. The van der Waals surface area contributed by atoms with Gasteiger partial charge in [0.05, 0.1) is 13.5 Å². The van der Waals surface area contributed by atoms with Gasteiger partial charge in [0.25, 0.3) is 0 Å². The predicted molar refractivity (Wildman–Crippen MR) is 43.9 cm³/mol. The molecule has 20 heavy (non-hydrogen) atoms. The number of halogens is 9. The van der Waals surface area contributed by atoms with Gasteiger partial charge in [-0.15, -0.1) is 0 Å². The fraction of sp³-hybridized carbons (Fsp3) is 0.875.